The van der Waals surface area contributed by atoms with Crippen LogP contribution in [-0.2, 0) is 31.0 Å². The highest BCUT2D eigenvalue weighted by Gasteiger charge is 2.56. The molecule has 17 heteroatoms. The number of piperidine rings is 2. The molecule has 5 fully saturated rings. The predicted octanol–water partition coefficient (Wildman–Crippen LogP) is 5.26. The molecule has 8 rings (SSSR count). The van der Waals surface area contributed by atoms with Crippen molar-refractivity contribution >= 4 is 46.1 Å². The molecule has 5 amide bonds. The molecule has 14 nitrogen and oxygen atoms in total. The topological polar surface area (TPSA) is 170 Å². The number of hydrogen-bond donors (Lipinski definition) is 3. The molecular formula is C44H55F3N8O6. The highest BCUT2D eigenvalue weighted by atomic mass is 19.4. The Morgan fingerprint density at radius 1 is 0.934 bits per heavy atom. The summed E-state index contributed by atoms with van der Waals surface area (Å²) in [4.78, 5) is 74.2. The van der Waals surface area contributed by atoms with Crippen molar-refractivity contribution in [1.82, 2.24) is 34.8 Å². The lowest BCUT2D eigenvalue weighted by atomic mass is 9.76. The number of anilines is 1. The number of nitrogens with zero attached hydrogens (tertiary/aromatic N) is 6. The molecule has 2 aromatic heterocycles. The van der Waals surface area contributed by atoms with Gasteiger partial charge in [-0.3, -0.25) is 43.8 Å². The highest BCUT2D eigenvalue weighted by Crippen LogP contribution is 2.43. The van der Waals surface area contributed by atoms with E-state index in [1.807, 2.05) is 10.9 Å². The Balaban J connectivity index is 0.828. The molecule has 1 aromatic carbocycles. The smallest absolute Gasteiger partial charge is 0.386 e. The summed E-state index contributed by atoms with van der Waals surface area (Å²) in [6.07, 6.45) is 5.90. The SMILES string of the molecule is CN(CC1CCN(C2CCCC3C(=O)N(C4CCC(=O)NC4=O)C(=O)C32)CC1)C[C@H]1CC[C@H](n2cc3cc(NC(=O)c4cccc(C(F)(F)F)n4)c(C(C)(C)O)cc3n2)CC1. The summed E-state index contributed by atoms with van der Waals surface area (Å²) in [6.45, 7) is 6.86. The lowest BCUT2D eigenvalue weighted by molar-refractivity contribution is -0.151. The maximum absolute atomic E-state index is 13.8. The molecule has 0 radical (unpaired) electrons. The van der Waals surface area contributed by atoms with Crippen molar-refractivity contribution in [3.63, 3.8) is 0 Å². The zero-order chi connectivity index (χ0) is 43.4. The van der Waals surface area contributed by atoms with Crippen molar-refractivity contribution in [2.24, 2.45) is 23.7 Å². The Morgan fingerprint density at radius 2 is 1.64 bits per heavy atom. The first-order chi connectivity index (χ1) is 28.9. The van der Waals surface area contributed by atoms with Gasteiger partial charge in [0.15, 0.2) is 0 Å². The van der Waals surface area contributed by atoms with Crippen LogP contribution in [-0.4, -0.2) is 109 Å². The fraction of sp³-hybridized carbons (Fsp3) is 0.614. The first-order valence-electron chi connectivity index (χ1n) is 21.7. The summed E-state index contributed by atoms with van der Waals surface area (Å²) >= 11 is 0. The first kappa shape index (κ1) is 42.9. The lowest BCUT2D eigenvalue weighted by Gasteiger charge is -2.43. The molecule has 2 aliphatic carbocycles. The second kappa shape index (κ2) is 16.9. The molecule has 5 aliphatic rings. The fourth-order valence-electron chi connectivity index (χ4n) is 10.7. The van der Waals surface area contributed by atoms with Gasteiger partial charge in [0.25, 0.3) is 5.91 Å². The third-order valence-corrected chi connectivity index (χ3v) is 13.8. The molecule has 328 valence electrons. The van der Waals surface area contributed by atoms with E-state index in [0.717, 1.165) is 95.1 Å². The van der Waals surface area contributed by atoms with Gasteiger partial charge in [-0.2, -0.15) is 18.3 Å². The van der Waals surface area contributed by atoms with Gasteiger partial charge in [-0.25, -0.2) is 4.98 Å². The molecule has 4 atom stereocenters. The Labute approximate surface area is 352 Å². The number of rotatable bonds is 10. The maximum atomic E-state index is 13.8. The van der Waals surface area contributed by atoms with Gasteiger partial charge in [0.1, 0.15) is 17.4 Å². The number of likely N-dealkylation sites (tertiary alicyclic amines) is 2. The average Bonchev–Trinajstić information content (AvgIpc) is 3.75. The monoisotopic (exact) mass is 848 g/mol. The van der Waals surface area contributed by atoms with Gasteiger partial charge in [0, 0.05) is 48.4 Å². The van der Waals surface area contributed by atoms with Gasteiger partial charge >= 0.3 is 6.18 Å². The zero-order valence-corrected chi connectivity index (χ0v) is 34.9. The van der Waals surface area contributed by atoms with E-state index < -0.39 is 52.9 Å². The minimum absolute atomic E-state index is 0.0168. The second-order valence-electron chi connectivity index (χ2n) is 18.5. The zero-order valence-electron chi connectivity index (χ0n) is 34.9. The van der Waals surface area contributed by atoms with Crippen LogP contribution in [0.25, 0.3) is 10.9 Å². The summed E-state index contributed by atoms with van der Waals surface area (Å²) in [5, 5.41) is 21.6. The molecule has 5 heterocycles. The minimum atomic E-state index is -4.70. The molecular weight excluding hydrogens is 794 g/mol. The third kappa shape index (κ3) is 8.96. The summed E-state index contributed by atoms with van der Waals surface area (Å²) < 4.78 is 41.8. The number of pyridine rings is 1. The van der Waals surface area contributed by atoms with E-state index in [2.05, 4.69) is 32.5 Å². The van der Waals surface area contributed by atoms with Gasteiger partial charge < -0.3 is 15.3 Å². The first-order valence-corrected chi connectivity index (χ1v) is 21.7. The molecule has 3 aliphatic heterocycles. The van der Waals surface area contributed by atoms with Crippen LogP contribution in [0, 0.1) is 23.7 Å². The number of benzene rings is 1. The van der Waals surface area contributed by atoms with Crippen LogP contribution >= 0.6 is 0 Å². The van der Waals surface area contributed by atoms with Gasteiger partial charge in [-0.1, -0.05) is 12.5 Å². The molecule has 4 unspecified atom stereocenters. The van der Waals surface area contributed by atoms with Crippen molar-refractivity contribution in [1.29, 1.82) is 0 Å². The number of halogens is 3. The lowest BCUT2D eigenvalue weighted by Crippen LogP contribution is -2.55. The summed E-state index contributed by atoms with van der Waals surface area (Å²) in [6, 6.07) is 5.82. The largest absolute Gasteiger partial charge is 0.433 e. The Kier molecular flexibility index (Phi) is 11.9. The number of aromatic nitrogens is 3. The van der Waals surface area contributed by atoms with E-state index >= 15 is 0 Å². The van der Waals surface area contributed by atoms with Crippen LogP contribution in [0.4, 0.5) is 18.9 Å². The van der Waals surface area contributed by atoms with E-state index in [0.29, 0.717) is 29.3 Å². The van der Waals surface area contributed by atoms with Crippen LogP contribution < -0.4 is 10.6 Å². The minimum Gasteiger partial charge on any atom is -0.386 e. The van der Waals surface area contributed by atoms with Crippen molar-refractivity contribution in [3.8, 4) is 0 Å². The number of carbonyl (C=O) groups excluding carboxylic acids is 5. The number of amides is 5. The van der Waals surface area contributed by atoms with Crippen LogP contribution in [0.3, 0.4) is 0 Å². The number of nitrogens with one attached hydrogen (secondary N) is 2. The van der Waals surface area contributed by atoms with E-state index in [1.165, 1.54) is 11.0 Å². The van der Waals surface area contributed by atoms with E-state index in [9.17, 15) is 42.3 Å². The van der Waals surface area contributed by atoms with Crippen molar-refractivity contribution in [2.45, 2.75) is 114 Å². The Bertz CT molecular complexity index is 2190. The second-order valence-corrected chi connectivity index (χ2v) is 18.5. The normalized spacial score (nSPS) is 27.2. The van der Waals surface area contributed by atoms with Crippen molar-refractivity contribution in [2.75, 3.05) is 38.5 Å². The van der Waals surface area contributed by atoms with Crippen LogP contribution in [0.1, 0.15) is 112 Å². The number of fused-ring (bicyclic) bond motifs is 2. The fourth-order valence-corrected chi connectivity index (χ4v) is 10.7. The molecule has 0 bridgehead atoms. The van der Waals surface area contributed by atoms with Crippen LogP contribution in [0.15, 0.2) is 36.5 Å². The molecule has 3 aromatic rings. The molecule has 3 saturated heterocycles. The molecule has 3 N–H and O–H groups in total. The predicted molar refractivity (Wildman–Crippen MR) is 218 cm³/mol. The molecule has 61 heavy (non-hydrogen) atoms. The summed E-state index contributed by atoms with van der Waals surface area (Å²) in [5.41, 5.74) is -1.66. The van der Waals surface area contributed by atoms with Gasteiger partial charge in [0.05, 0.1) is 29.0 Å². The van der Waals surface area contributed by atoms with E-state index in [1.54, 1.807) is 26.0 Å². The van der Waals surface area contributed by atoms with E-state index in [4.69, 9.17) is 5.10 Å². The third-order valence-electron chi connectivity index (χ3n) is 13.8. The van der Waals surface area contributed by atoms with Gasteiger partial charge in [-0.05, 0) is 128 Å². The van der Waals surface area contributed by atoms with Crippen LogP contribution in [0.5, 0.6) is 0 Å². The Morgan fingerprint density at radius 3 is 2.31 bits per heavy atom. The van der Waals surface area contributed by atoms with Crippen molar-refractivity contribution < 1.29 is 42.3 Å². The highest BCUT2D eigenvalue weighted by molar-refractivity contribution is 6.11. The van der Waals surface area contributed by atoms with Crippen molar-refractivity contribution in [3.05, 3.63) is 53.5 Å². The summed E-state index contributed by atoms with van der Waals surface area (Å²) in [5.74, 6) is -2.02. The number of aliphatic hydroxyl groups is 1. The quantitative estimate of drug-likeness (QED) is 0.229. The van der Waals surface area contributed by atoms with E-state index in [-0.39, 0.29) is 48.3 Å². The number of imide groups is 2. The van der Waals surface area contributed by atoms with Crippen LogP contribution in [0.2, 0.25) is 0 Å². The number of carbonyl (C=O) groups is 5. The maximum Gasteiger partial charge on any atom is 0.433 e. The number of hydrogen-bond acceptors (Lipinski definition) is 10. The van der Waals surface area contributed by atoms with Gasteiger partial charge in [-0.15, -0.1) is 0 Å². The number of alkyl halides is 3. The Hall–Kier alpha value is -4.74. The summed E-state index contributed by atoms with van der Waals surface area (Å²) in [7, 11) is 2.19. The standard InChI is InChI=1S/C44H55F3N8O6/c1-43(2,61)30-21-32-27(20-33(30)49-39(57)31-7-5-9-36(48-31)44(45,46)47)24-54(51-32)28-12-10-25(11-13-28)22-52(3)23-26-16-18-53(19-17-26)34-8-4-6-29-38(34)42(60)55(41(29)59)35-14-15-37(56)50-40(35)58/h5,7,9,20-21,24-26,28-29,34-35,38,61H,4,6,8,10-19,22-23H2,1-3H3,(H,49,57)(H,50,56,58)/t25-,28-,29?,34?,35?,38?. The van der Waals surface area contributed by atoms with Gasteiger partial charge in [0.2, 0.25) is 23.6 Å². The molecule has 2 saturated carbocycles. The average molecular weight is 849 g/mol. The molecule has 0 spiro atoms.